The Kier molecular flexibility index (Phi) is 3.66. The molecule has 1 unspecified atom stereocenters. The number of hydrogen-bond donors (Lipinski definition) is 0. The van der Waals surface area contributed by atoms with Crippen LogP contribution in [0.1, 0.15) is 15.1 Å². The summed E-state index contributed by atoms with van der Waals surface area (Å²) in [5, 5.41) is 2.19. The first-order valence-electron chi connectivity index (χ1n) is 4.17. The van der Waals surface area contributed by atoms with Crippen LogP contribution in [0.15, 0.2) is 33.4 Å². The van der Waals surface area contributed by atoms with Gasteiger partial charge in [-0.15, -0.1) is 34.3 Å². The molecule has 0 saturated heterocycles. The minimum atomic E-state index is 0.102. The summed E-state index contributed by atoms with van der Waals surface area (Å²) in [6.07, 6.45) is 0.923. The van der Waals surface area contributed by atoms with E-state index in [0.717, 1.165) is 10.2 Å². The fourth-order valence-electron chi connectivity index (χ4n) is 1.20. The lowest BCUT2D eigenvalue weighted by Gasteiger charge is -2.04. The van der Waals surface area contributed by atoms with Gasteiger partial charge in [0.25, 0.3) is 0 Å². The summed E-state index contributed by atoms with van der Waals surface area (Å²) in [7, 11) is 0. The molecule has 1 atom stereocenters. The Hall–Kier alpha value is 0.170. The van der Waals surface area contributed by atoms with Gasteiger partial charge in [0.2, 0.25) is 0 Å². The summed E-state index contributed by atoms with van der Waals surface area (Å²) in [6.45, 7) is 0. The zero-order chi connectivity index (χ0) is 9.97. The zero-order valence-electron chi connectivity index (χ0n) is 7.24. The Morgan fingerprint density at radius 1 is 1.36 bits per heavy atom. The van der Waals surface area contributed by atoms with Gasteiger partial charge in [0.1, 0.15) is 0 Å². The Balaban J connectivity index is 2.06. The molecule has 0 aliphatic heterocycles. The molecule has 0 fully saturated rings. The molecule has 0 N–H and O–H groups in total. The standard InChI is InChI=1S/C10H8BrClS2/c11-10-4-3-9(14-10)8(12)6-7-2-1-5-13-7/h1-5,8H,6H2. The van der Waals surface area contributed by atoms with Crippen molar-refractivity contribution in [2.45, 2.75) is 11.8 Å². The molecule has 0 nitrogen and oxygen atoms in total. The maximum atomic E-state index is 6.31. The normalized spacial score (nSPS) is 13.0. The molecule has 0 aromatic carbocycles. The van der Waals surface area contributed by atoms with Crippen LogP contribution >= 0.6 is 50.2 Å². The average molecular weight is 308 g/mol. The second kappa shape index (κ2) is 4.79. The molecule has 2 heterocycles. The molecule has 14 heavy (non-hydrogen) atoms. The lowest BCUT2D eigenvalue weighted by Crippen LogP contribution is -1.89. The molecule has 2 aromatic heterocycles. The van der Waals surface area contributed by atoms with E-state index in [4.69, 9.17) is 11.6 Å². The van der Waals surface area contributed by atoms with Crippen LogP contribution in [0.2, 0.25) is 0 Å². The van der Waals surface area contributed by atoms with E-state index in [1.165, 1.54) is 9.75 Å². The van der Waals surface area contributed by atoms with Crippen molar-refractivity contribution in [3.63, 3.8) is 0 Å². The summed E-state index contributed by atoms with van der Waals surface area (Å²) in [5.74, 6) is 0. The molecule has 0 aliphatic carbocycles. The van der Waals surface area contributed by atoms with E-state index in [0.29, 0.717) is 0 Å². The van der Waals surface area contributed by atoms with Crippen molar-refractivity contribution in [1.82, 2.24) is 0 Å². The van der Waals surface area contributed by atoms with Crippen LogP contribution in [-0.2, 0) is 6.42 Å². The van der Waals surface area contributed by atoms with Crippen LogP contribution in [0.25, 0.3) is 0 Å². The lowest BCUT2D eigenvalue weighted by molar-refractivity contribution is 0.960. The monoisotopic (exact) mass is 306 g/mol. The first-order chi connectivity index (χ1) is 6.75. The predicted molar refractivity (Wildman–Crippen MR) is 68.6 cm³/mol. The third-order valence-electron chi connectivity index (χ3n) is 1.86. The number of thiophene rings is 2. The van der Waals surface area contributed by atoms with Crippen molar-refractivity contribution in [1.29, 1.82) is 0 Å². The van der Waals surface area contributed by atoms with Gasteiger partial charge in [-0.25, -0.2) is 0 Å². The van der Waals surface area contributed by atoms with Gasteiger partial charge in [-0.1, -0.05) is 6.07 Å². The molecule has 2 aromatic rings. The molecular weight excluding hydrogens is 300 g/mol. The van der Waals surface area contributed by atoms with E-state index in [1.807, 2.05) is 6.07 Å². The van der Waals surface area contributed by atoms with Crippen LogP contribution in [0, 0.1) is 0 Å². The third kappa shape index (κ3) is 2.60. The highest BCUT2D eigenvalue weighted by atomic mass is 79.9. The Bertz CT molecular complexity index is 394. The van der Waals surface area contributed by atoms with E-state index < -0.39 is 0 Å². The van der Waals surface area contributed by atoms with Gasteiger partial charge >= 0.3 is 0 Å². The summed E-state index contributed by atoms with van der Waals surface area (Å²) in [6, 6.07) is 8.32. The minimum Gasteiger partial charge on any atom is -0.149 e. The highest BCUT2D eigenvalue weighted by molar-refractivity contribution is 9.11. The molecule has 0 saturated carbocycles. The average Bonchev–Trinajstić information content (AvgIpc) is 2.75. The van der Waals surface area contributed by atoms with E-state index in [-0.39, 0.29) is 5.38 Å². The second-order valence-corrected chi connectivity index (χ2v) is 6.95. The number of alkyl halides is 1. The Morgan fingerprint density at radius 3 is 2.79 bits per heavy atom. The van der Waals surface area contributed by atoms with Crippen molar-refractivity contribution in [3.8, 4) is 0 Å². The van der Waals surface area contributed by atoms with Crippen molar-refractivity contribution in [2.75, 3.05) is 0 Å². The van der Waals surface area contributed by atoms with Crippen molar-refractivity contribution in [2.24, 2.45) is 0 Å². The van der Waals surface area contributed by atoms with Crippen LogP contribution in [0.3, 0.4) is 0 Å². The summed E-state index contributed by atoms with van der Waals surface area (Å²) >= 11 is 13.2. The number of halogens is 2. The van der Waals surface area contributed by atoms with Gasteiger partial charge < -0.3 is 0 Å². The zero-order valence-corrected chi connectivity index (χ0v) is 11.2. The number of hydrogen-bond acceptors (Lipinski definition) is 2. The summed E-state index contributed by atoms with van der Waals surface area (Å²) in [5.41, 5.74) is 0. The lowest BCUT2D eigenvalue weighted by atomic mass is 10.2. The first kappa shape index (κ1) is 10.7. The number of rotatable bonds is 3. The highest BCUT2D eigenvalue weighted by Gasteiger charge is 2.11. The van der Waals surface area contributed by atoms with Gasteiger partial charge in [0, 0.05) is 16.2 Å². The van der Waals surface area contributed by atoms with E-state index >= 15 is 0 Å². The maximum absolute atomic E-state index is 6.31. The van der Waals surface area contributed by atoms with Crippen LogP contribution < -0.4 is 0 Å². The molecule has 2 rings (SSSR count). The largest absolute Gasteiger partial charge is 0.149 e. The van der Waals surface area contributed by atoms with Crippen LogP contribution in [0.5, 0.6) is 0 Å². The highest BCUT2D eigenvalue weighted by Crippen LogP contribution is 2.33. The summed E-state index contributed by atoms with van der Waals surface area (Å²) in [4.78, 5) is 2.57. The van der Waals surface area contributed by atoms with Gasteiger partial charge in [0.05, 0.1) is 9.16 Å². The van der Waals surface area contributed by atoms with Crippen molar-refractivity contribution < 1.29 is 0 Å². The van der Waals surface area contributed by atoms with Gasteiger partial charge in [-0.2, -0.15) is 0 Å². The van der Waals surface area contributed by atoms with Crippen LogP contribution in [-0.4, -0.2) is 0 Å². The SMILES string of the molecule is ClC(Cc1cccs1)c1ccc(Br)s1. The second-order valence-electron chi connectivity index (χ2n) is 2.89. The quantitative estimate of drug-likeness (QED) is 0.692. The molecular formula is C10H8BrClS2. The molecule has 74 valence electrons. The minimum absolute atomic E-state index is 0.102. The fourth-order valence-corrected chi connectivity index (χ4v) is 3.82. The fraction of sp³-hybridized carbons (Fsp3) is 0.200. The van der Waals surface area contributed by atoms with E-state index in [9.17, 15) is 0 Å². The molecule has 4 heteroatoms. The smallest absolute Gasteiger partial charge is 0.0727 e. The molecule has 0 bridgehead atoms. The van der Waals surface area contributed by atoms with Gasteiger partial charge in [-0.05, 0) is 39.5 Å². The topological polar surface area (TPSA) is 0 Å². The Labute approximate surface area is 105 Å². The molecule has 0 amide bonds. The van der Waals surface area contributed by atoms with Gasteiger partial charge in [0.15, 0.2) is 0 Å². The van der Waals surface area contributed by atoms with E-state index in [2.05, 4.69) is 39.5 Å². The predicted octanol–water partition coefficient (Wildman–Crippen LogP) is 5.09. The molecule has 0 spiro atoms. The summed E-state index contributed by atoms with van der Waals surface area (Å²) < 4.78 is 1.14. The maximum Gasteiger partial charge on any atom is 0.0727 e. The molecule has 0 aliphatic rings. The van der Waals surface area contributed by atoms with Crippen molar-refractivity contribution in [3.05, 3.63) is 43.2 Å². The van der Waals surface area contributed by atoms with E-state index in [1.54, 1.807) is 22.7 Å². The molecule has 0 radical (unpaired) electrons. The third-order valence-corrected chi connectivity index (χ3v) is 5.02. The first-order valence-corrected chi connectivity index (χ1v) is 7.10. The van der Waals surface area contributed by atoms with Gasteiger partial charge in [-0.3, -0.25) is 0 Å². The van der Waals surface area contributed by atoms with Crippen LogP contribution in [0.4, 0.5) is 0 Å². The Morgan fingerprint density at radius 2 is 2.21 bits per heavy atom. The van der Waals surface area contributed by atoms with Crippen molar-refractivity contribution >= 4 is 50.2 Å².